The van der Waals surface area contributed by atoms with Gasteiger partial charge in [0.25, 0.3) is 5.91 Å². The SMILES string of the molecule is C[C@@]1(c2ccccc2)c2cnccc2CCCCCN2CN1n1ccc(=O)c(O)c1C2=O. The zero-order valence-electron chi connectivity index (χ0n) is 18.1. The van der Waals surface area contributed by atoms with Crippen LogP contribution in [0.3, 0.4) is 0 Å². The summed E-state index contributed by atoms with van der Waals surface area (Å²) in [6.45, 7) is 3.01. The van der Waals surface area contributed by atoms with Gasteiger partial charge >= 0.3 is 0 Å². The van der Waals surface area contributed by atoms with Crippen molar-refractivity contribution in [3.63, 3.8) is 0 Å². The molecule has 0 fully saturated rings. The lowest BCUT2D eigenvalue weighted by atomic mass is 9.81. The van der Waals surface area contributed by atoms with Crippen LogP contribution in [0.4, 0.5) is 0 Å². The summed E-state index contributed by atoms with van der Waals surface area (Å²) in [5, 5.41) is 12.7. The largest absolute Gasteiger partial charge is 0.502 e. The van der Waals surface area contributed by atoms with Crippen LogP contribution in [0.1, 0.15) is 53.4 Å². The third-order valence-electron chi connectivity index (χ3n) is 6.77. The number of hydrogen-bond donors (Lipinski definition) is 1. The van der Waals surface area contributed by atoms with Gasteiger partial charge in [0.1, 0.15) is 12.2 Å². The van der Waals surface area contributed by atoms with Crippen molar-refractivity contribution in [1.29, 1.82) is 0 Å². The van der Waals surface area contributed by atoms with Gasteiger partial charge in [-0.15, -0.1) is 0 Å². The van der Waals surface area contributed by atoms with Gasteiger partial charge in [-0.05, 0) is 43.4 Å². The molecule has 32 heavy (non-hydrogen) atoms. The minimum Gasteiger partial charge on any atom is -0.502 e. The highest BCUT2D eigenvalue weighted by Gasteiger charge is 2.44. The number of rotatable bonds is 1. The fourth-order valence-electron chi connectivity index (χ4n) is 4.97. The fourth-order valence-corrected chi connectivity index (χ4v) is 4.97. The molecule has 0 radical (unpaired) electrons. The number of benzene rings is 1. The Morgan fingerprint density at radius 3 is 2.66 bits per heavy atom. The molecule has 7 nitrogen and oxygen atoms in total. The van der Waals surface area contributed by atoms with Gasteiger partial charge in [0.15, 0.2) is 11.4 Å². The van der Waals surface area contributed by atoms with Crippen molar-refractivity contribution in [3.8, 4) is 5.75 Å². The second-order valence-corrected chi connectivity index (χ2v) is 8.61. The molecule has 1 N–H and O–H groups in total. The molecule has 0 aliphatic carbocycles. The second-order valence-electron chi connectivity index (χ2n) is 8.61. The van der Waals surface area contributed by atoms with Crippen LogP contribution in [0.25, 0.3) is 0 Å². The maximum Gasteiger partial charge on any atom is 0.277 e. The van der Waals surface area contributed by atoms with E-state index in [1.807, 2.05) is 30.6 Å². The van der Waals surface area contributed by atoms with E-state index in [0.29, 0.717) is 13.2 Å². The third kappa shape index (κ3) is 3.07. The zero-order chi connectivity index (χ0) is 22.3. The minimum absolute atomic E-state index is 0.00981. The number of aromatic hydroxyl groups is 1. The number of nitrogens with zero attached hydrogens (tertiary/aromatic N) is 4. The van der Waals surface area contributed by atoms with Crippen molar-refractivity contribution >= 4 is 5.91 Å². The normalized spacial score (nSPS) is 20.8. The molecule has 3 aromatic rings. The molecular weight excluding hydrogens is 404 g/mol. The molecule has 2 aromatic heterocycles. The smallest absolute Gasteiger partial charge is 0.277 e. The van der Waals surface area contributed by atoms with Crippen LogP contribution in [0.2, 0.25) is 0 Å². The molecule has 5 rings (SSSR count). The maximum absolute atomic E-state index is 13.3. The molecule has 2 aliphatic rings. The minimum atomic E-state index is -0.704. The van der Waals surface area contributed by atoms with Crippen molar-refractivity contribution in [2.75, 3.05) is 18.2 Å². The summed E-state index contributed by atoms with van der Waals surface area (Å²) in [5.41, 5.74) is 2.04. The van der Waals surface area contributed by atoms with Gasteiger partial charge in [-0.1, -0.05) is 36.8 Å². The summed E-state index contributed by atoms with van der Waals surface area (Å²) in [6.07, 6.45) is 9.10. The van der Waals surface area contributed by atoms with Crippen molar-refractivity contribution in [3.05, 3.63) is 93.7 Å². The molecule has 0 saturated heterocycles. The van der Waals surface area contributed by atoms with Gasteiger partial charge < -0.3 is 10.0 Å². The predicted molar refractivity (Wildman–Crippen MR) is 121 cm³/mol. The van der Waals surface area contributed by atoms with Gasteiger partial charge in [0.05, 0.1) is 0 Å². The molecule has 2 bridgehead atoms. The Balaban J connectivity index is 1.84. The molecule has 164 valence electrons. The Labute approximate surface area is 186 Å². The summed E-state index contributed by atoms with van der Waals surface area (Å²) in [4.78, 5) is 31.8. The standard InChI is InChI=1S/C25H26N4O3/c1-25(19-9-5-2-6-10-19)20-16-26-13-11-18(20)8-4-3-7-14-27-17-29(25)28-15-12-21(30)23(31)22(28)24(27)32/h2,5-6,9-13,15-16,31H,3-4,7-8,14,17H2,1H3/t25-/m1/s1. The molecule has 4 heterocycles. The van der Waals surface area contributed by atoms with Gasteiger partial charge in [0, 0.05) is 36.8 Å². The first kappa shape index (κ1) is 20.3. The molecule has 0 unspecified atom stereocenters. The van der Waals surface area contributed by atoms with E-state index in [1.54, 1.807) is 15.8 Å². The van der Waals surface area contributed by atoms with E-state index >= 15 is 0 Å². The summed E-state index contributed by atoms with van der Waals surface area (Å²) < 4.78 is 1.65. The molecule has 1 aromatic carbocycles. The van der Waals surface area contributed by atoms with Crippen molar-refractivity contribution in [2.24, 2.45) is 0 Å². The summed E-state index contributed by atoms with van der Waals surface area (Å²) in [7, 11) is 0. The zero-order valence-corrected chi connectivity index (χ0v) is 18.1. The monoisotopic (exact) mass is 430 g/mol. The van der Waals surface area contributed by atoms with Crippen LogP contribution >= 0.6 is 0 Å². The highest BCUT2D eigenvalue weighted by molar-refractivity contribution is 5.96. The highest BCUT2D eigenvalue weighted by atomic mass is 16.3. The van der Waals surface area contributed by atoms with Crippen LogP contribution in [-0.2, 0) is 12.0 Å². The van der Waals surface area contributed by atoms with E-state index in [0.717, 1.165) is 36.8 Å². The van der Waals surface area contributed by atoms with Crippen LogP contribution in [0, 0.1) is 0 Å². The predicted octanol–water partition coefficient (Wildman–Crippen LogP) is 2.99. The first-order valence-corrected chi connectivity index (χ1v) is 11.0. The highest BCUT2D eigenvalue weighted by Crippen LogP contribution is 2.39. The van der Waals surface area contributed by atoms with E-state index < -0.39 is 16.7 Å². The maximum atomic E-state index is 13.3. The number of amides is 1. The number of aromatic nitrogens is 2. The first-order chi connectivity index (χ1) is 15.5. The summed E-state index contributed by atoms with van der Waals surface area (Å²) >= 11 is 0. The lowest BCUT2D eigenvalue weighted by molar-refractivity contribution is 0.0659. The fraction of sp³-hybridized carbons (Fsp3) is 0.320. The molecule has 1 atom stereocenters. The van der Waals surface area contributed by atoms with E-state index in [2.05, 4.69) is 35.1 Å². The van der Waals surface area contributed by atoms with Gasteiger partial charge in [-0.2, -0.15) is 0 Å². The summed E-state index contributed by atoms with van der Waals surface area (Å²) in [6, 6.07) is 13.5. The third-order valence-corrected chi connectivity index (χ3v) is 6.77. The average Bonchev–Trinajstić information content (AvgIpc) is 2.84. The van der Waals surface area contributed by atoms with Crippen LogP contribution in [-0.4, -0.2) is 38.8 Å². The van der Waals surface area contributed by atoms with E-state index in [-0.39, 0.29) is 11.6 Å². The molecule has 7 heteroatoms. The number of pyridine rings is 2. The van der Waals surface area contributed by atoms with Crippen LogP contribution in [0.15, 0.2) is 65.8 Å². The Morgan fingerprint density at radius 2 is 1.84 bits per heavy atom. The number of carbonyl (C=O) groups excluding carboxylic acids is 1. The molecule has 1 amide bonds. The Morgan fingerprint density at radius 1 is 1.03 bits per heavy atom. The summed E-state index contributed by atoms with van der Waals surface area (Å²) in [5.74, 6) is -0.832. The number of fused-ring (bicyclic) bond motifs is 5. The average molecular weight is 431 g/mol. The van der Waals surface area contributed by atoms with Crippen LogP contribution < -0.4 is 10.4 Å². The molecule has 0 spiro atoms. The van der Waals surface area contributed by atoms with Crippen molar-refractivity contribution < 1.29 is 9.90 Å². The Bertz CT molecular complexity index is 1220. The lowest BCUT2D eigenvalue weighted by Gasteiger charge is -2.50. The first-order valence-electron chi connectivity index (χ1n) is 11.0. The molecule has 0 saturated carbocycles. The lowest BCUT2D eigenvalue weighted by Crippen LogP contribution is -2.62. The van der Waals surface area contributed by atoms with Crippen LogP contribution in [0.5, 0.6) is 5.75 Å². The van der Waals surface area contributed by atoms with E-state index in [9.17, 15) is 14.7 Å². The van der Waals surface area contributed by atoms with E-state index in [1.165, 1.54) is 11.6 Å². The number of carbonyl (C=O) groups is 1. The van der Waals surface area contributed by atoms with Gasteiger partial charge in [0.2, 0.25) is 5.43 Å². The van der Waals surface area contributed by atoms with Gasteiger partial charge in [-0.3, -0.25) is 24.3 Å². The number of aryl methyl sites for hydroxylation is 1. The topological polar surface area (TPSA) is 78.7 Å². The quantitative estimate of drug-likeness (QED) is 0.642. The Hall–Kier alpha value is -3.61. The van der Waals surface area contributed by atoms with Crippen molar-refractivity contribution in [1.82, 2.24) is 14.6 Å². The molecule has 2 aliphatic heterocycles. The second kappa shape index (κ2) is 7.82. The van der Waals surface area contributed by atoms with E-state index in [4.69, 9.17) is 0 Å². The number of hydrogen-bond acceptors (Lipinski definition) is 5. The Kier molecular flexibility index (Phi) is 4.96. The van der Waals surface area contributed by atoms with Crippen molar-refractivity contribution in [2.45, 2.75) is 38.1 Å². The van der Waals surface area contributed by atoms with Gasteiger partial charge in [-0.25, -0.2) is 0 Å². The molecular formula is C25H26N4O3.